The van der Waals surface area contributed by atoms with Gasteiger partial charge in [-0.2, -0.15) is 0 Å². The molecule has 2 aromatic carbocycles. The van der Waals surface area contributed by atoms with Crippen LogP contribution in [0.15, 0.2) is 70.3 Å². The van der Waals surface area contributed by atoms with Crippen LogP contribution in [0.2, 0.25) is 0 Å². The second-order valence-corrected chi connectivity index (χ2v) is 6.06. The van der Waals surface area contributed by atoms with Crippen LogP contribution < -0.4 is 5.32 Å². The third-order valence-electron chi connectivity index (χ3n) is 3.39. The monoisotopic (exact) mass is 338 g/mol. The van der Waals surface area contributed by atoms with Crippen LogP contribution in [0.4, 0.5) is 0 Å². The number of carbonyl (C=O) groups is 1. The number of oxazole rings is 1. The van der Waals surface area contributed by atoms with Gasteiger partial charge in [-0.15, -0.1) is 0 Å². The molecule has 0 fully saturated rings. The van der Waals surface area contributed by atoms with E-state index in [4.69, 9.17) is 4.42 Å². The molecule has 0 bridgehead atoms. The molecule has 1 aromatic heterocycles. The van der Waals surface area contributed by atoms with Crippen molar-refractivity contribution in [1.82, 2.24) is 10.3 Å². The van der Waals surface area contributed by atoms with E-state index in [9.17, 15) is 4.79 Å². The topological polar surface area (TPSA) is 55.1 Å². The first-order chi connectivity index (χ1) is 11.8. The van der Waals surface area contributed by atoms with Crippen LogP contribution in [0, 0.1) is 0 Å². The van der Waals surface area contributed by atoms with Crippen molar-refractivity contribution < 1.29 is 9.21 Å². The van der Waals surface area contributed by atoms with Crippen LogP contribution in [-0.4, -0.2) is 23.2 Å². The summed E-state index contributed by atoms with van der Waals surface area (Å²) >= 11 is 1.30. The Labute approximate surface area is 145 Å². The summed E-state index contributed by atoms with van der Waals surface area (Å²) in [4.78, 5) is 16.3. The smallest absolute Gasteiger partial charge is 0.257 e. The SMILES string of the molecule is CCNC(=O)CSc1nc(-c2ccccc2)c(-c2ccccc2)o1. The first kappa shape index (κ1) is 16.3. The number of benzene rings is 2. The van der Waals surface area contributed by atoms with Crippen LogP contribution in [0.3, 0.4) is 0 Å². The van der Waals surface area contributed by atoms with Crippen LogP contribution in [0.1, 0.15) is 6.92 Å². The summed E-state index contributed by atoms with van der Waals surface area (Å²) in [5.74, 6) is 0.986. The lowest BCUT2D eigenvalue weighted by Crippen LogP contribution is -2.24. The molecule has 0 aliphatic carbocycles. The van der Waals surface area contributed by atoms with Gasteiger partial charge in [0.15, 0.2) is 5.76 Å². The van der Waals surface area contributed by atoms with Crippen molar-refractivity contribution in [2.75, 3.05) is 12.3 Å². The van der Waals surface area contributed by atoms with Crippen molar-refractivity contribution in [2.24, 2.45) is 0 Å². The average Bonchev–Trinajstić information content (AvgIpc) is 3.06. The second kappa shape index (κ2) is 7.84. The van der Waals surface area contributed by atoms with Gasteiger partial charge in [0.1, 0.15) is 5.69 Å². The highest BCUT2D eigenvalue weighted by Gasteiger charge is 2.17. The Kier molecular flexibility index (Phi) is 5.33. The summed E-state index contributed by atoms with van der Waals surface area (Å²) < 4.78 is 5.96. The standard InChI is InChI=1S/C19H18N2O2S/c1-2-20-16(22)13-24-19-21-17(14-9-5-3-6-10-14)18(23-19)15-11-7-4-8-12-15/h3-12H,2,13H2,1H3,(H,20,22). The lowest BCUT2D eigenvalue weighted by atomic mass is 10.1. The van der Waals surface area contributed by atoms with Gasteiger partial charge in [-0.25, -0.2) is 4.98 Å². The molecular weight excluding hydrogens is 320 g/mol. The van der Waals surface area contributed by atoms with Gasteiger partial charge in [-0.3, -0.25) is 4.79 Å². The number of amides is 1. The molecule has 1 N–H and O–H groups in total. The Morgan fingerprint density at radius 2 is 1.67 bits per heavy atom. The summed E-state index contributed by atoms with van der Waals surface area (Å²) in [6, 6.07) is 19.8. The summed E-state index contributed by atoms with van der Waals surface area (Å²) in [5, 5.41) is 3.27. The van der Waals surface area contributed by atoms with Gasteiger partial charge in [-0.05, 0) is 6.92 Å². The summed E-state index contributed by atoms with van der Waals surface area (Å²) in [5.41, 5.74) is 2.75. The lowest BCUT2D eigenvalue weighted by molar-refractivity contribution is -0.118. The Bertz CT molecular complexity index is 744. The second-order valence-electron chi connectivity index (χ2n) is 5.13. The van der Waals surface area contributed by atoms with Crippen LogP contribution in [-0.2, 0) is 4.79 Å². The molecule has 122 valence electrons. The lowest BCUT2D eigenvalue weighted by Gasteiger charge is -2.00. The summed E-state index contributed by atoms with van der Waals surface area (Å²) in [6.45, 7) is 2.52. The van der Waals surface area contributed by atoms with Gasteiger partial charge in [-0.1, -0.05) is 72.4 Å². The summed E-state index contributed by atoms with van der Waals surface area (Å²) in [6.07, 6.45) is 0. The third kappa shape index (κ3) is 3.86. The molecule has 0 spiro atoms. The fourth-order valence-electron chi connectivity index (χ4n) is 2.31. The van der Waals surface area contributed by atoms with Gasteiger partial charge in [0, 0.05) is 17.7 Å². The third-order valence-corrected chi connectivity index (χ3v) is 4.22. The fraction of sp³-hybridized carbons (Fsp3) is 0.158. The molecule has 0 aliphatic heterocycles. The minimum Gasteiger partial charge on any atom is -0.431 e. The normalized spacial score (nSPS) is 10.5. The number of rotatable bonds is 6. The van der Waals surface area contributed by atoms with Crippen LogP contribution >= 0.6 is 11.8 Å². The van der Waals surface area contributed by atoms with Crippen LogP contribution in [0.5, 0.6) is 0 Å². The van der Waals surface area contributed by atoms with E-state index in [1.165, 1.54) is 11.8 Å². The molecule has 0 saturated carbocycles. The first-order valence-electron chi connectivity index (χ1n) is 7.79. The van der Waals surface area contributed by atoms with Gasteiger partial charge in [0.05, 0.1) is 5.75 Å². The van der Waals surface area contributed by atoms with Crippen molar-refractivity contribution in [1.29, 1.82) is 0 Å². The number of aromatic nitrogens is 1. The highest BCUT2D eigenvalue weighted by atomic mass is 32.2. The molecule has 3 rings (SSSR count). The Balaban J connectivity index is 1.93. The van der Waals surface area contributed by atoms with E-state index in [-0.39, 0.29) is 11.7 Å². The molecule has 0 unspecified atom stereocenters. The first-order valence-corrected chi connectivity index (χ1v) is 8.77. The molecule has 1 heterocycles. The number of carbonyl (C=O) groups excluding carboxylic acids is 1. The largest absolute Gasteiger partial charge is 0.431 e. The number of thioether (sulfide) groups is 1. The van der Waals surface area contributed by atoms with E-state index >= 15 is 0 Å². The van der Waals surface area contributed by atoms with Crippen molar-refractivity contribution >= 4 is 17.7 Å². The highest BCUT2D eigenvalue weighted by Crippen LogP contribution is 2.35. The molecule has 5 heteroatoms. The number of hydrogen-bond acceptors (Lipinski definition) is 4. The molecule has 24 heavy (non-hydrogen) atoms. The van der Waals surface area contributed by atoms with Gasteiger partial charge >= 0.3 is 0 Å². The van der Waals surface area contributed by atoms with Crippen LogP contribution in [0.25, 0.3) is 22.6 Å². The van der Waals surface area contributed by atoms with E-state index in [0.717, 1.165) is 22.6 Å². The van der Waals surface area contributed by atoms with Crippen molar-refractivity contribution in [2.45, 2.75) is 12.1 Å². The van der Waals surface area contributed by atoms with E-state index in [0.29, 0.717) is 11.8 Å². The Morgan fingerprint density at radius 3 is 2.29 bits per heavy atom. The average molecular weight is 338 g/mol. The van der Waals surface area contributed by atoms with E-state index < -0.39 is 0 Å². The molecular formula is C19H18N2O2S. The van der Waals surface area contributed by atoms with Gasteiger partial charge in [0.2, 0.25) is 5.91 Å². The molecule has 3 aromatic rings. The highest BCUT2D eigenvalue weighted by molar-refractivity contribution is 7.99. The minimum absolute atomic E-state index is 0.0248. The minimum atomic E-state index is -0.0248. The molecule has 0 saturated heterocycles. The zero-order chi connectivity index (χ0) is 16.8. The van der Waals surface area contributed by atoms with Crippen molar-refractivity contribution in [3.05, 3.63) is 60.7 Å². The maximum absolute atomic E-state index is 11.6. The zero-order valence-electron chi connectivity index (χ0n) is 13.4. The fourth-order valence-corrected chi connectivity index (χ4v) is 2.97. The van der Waals surface area contributed by atoms with E-state index in [1.807, 2.05) is 67.6 Å². The van der Waals surface area contributed by atoms with Crippen molar-refractivity contribution in [3.63, 3.8) is 0 Å². The Hall–Kier alpha value is -2.53. The maximum atomic E-state index is 11.6. The van der Waals surface area contributed by atoms with E-state index in [2.05, 4.69) is 10.3 Å². The van der Waals surface area contributed by atoms with Gasteiger partial charge in [0.25, 0.3) is 5.22 Å². The molecule has 0 radical (unpaired) electrons. The molecule has 0 atom stereocenters. The zero-order valence-corrected chi connectivity index (χ0v) is 14.2. The maximum Gasteiger partial charge on any atom is 0.257 e. The predicted octanol–water partition coefficient (Wildman–Crippen LogP) is 4.24. The Morgan fingerprint density at radius 1 is 1.04 bits per heavy atom. The molecule has 0 aliphatic rings. The summed E-state index contributed by atoms with van der Waals surface area (Å²) in [7, 11) is 0. The predicted molar refractivity (Wildman–Crippen MR) is 96.8 cm³/mol. The van der Waals surface area contributed by atoms with Gasteiger partial charge < -0.3 is 9.73 Å². The van der Waals surface area contributed by atoms with Crippen molar-refractivity contribution in [3.8, 4) is 22.6 Å². The number of hydrogen-bond donors (Lipinski definition) is 1. The quantitative estimate of drug-likeness (QED) is 0.683. The number of nitrogens with one attached hydrogen (secondary N) is 1. The number of nitrogens with zero attached hydrogens (tertiary/aromatic N) is 1. The molecule has 4 nitrogen and oxygen atoms in total. The molecule has 1 amide bonds. The van der Waals surface area contributed by atoms with E-state index in [1.54, 1.807) is 0 Å².